The Morgan fingerprint density at radius 1 is 1.18 bits per heavy atom. The van der Waals surface area contributed by atoms with Crippen molar-refractivity contribution in [3.63, 3.8) is 0 Å². The maximum Gasteiger partial charge on any atom is 0.243 e. The van der Waals surface area contributed by atoms with Crippen LogP contribution in [-0.2, 0) is 21.2 Å². The number of hydrogen-bond acceptors (Lipinski definition) is 4. The Hall–Kier alpha value is -2.81. The number of carbonyl (C=O) groups is 1. The molecule has 172 valence electrons. The number of hydrogen-bond donors (Lipinski definition) is 0. The summed E-state index contributed by atoms with van der Waals surface area (Å²) in [5.41, 5.74) is 2.74. The molecule has 2 aromatic carbocycles. The summed E-state index contributed by atoms with van der Waals surface area (Å²) in [4.78, 5) is 16.5. The van der Waals surface area contributed by atoms with E-state index in [4.69, 9.17) is 0 Å². The molecule has 0 aliphatic carbocycles. The molecule has 0 N–H and O–H groups in total. The van der Waals surface area contributed by atoms with Crippen LogP contribution in [0.3, 0.4) is 0 Å². The third-order valence-corrected chi connectivity index (χ3v) is 8.60. The van der Waals surface area contributed by atoms with E-state index in [0.717, 1.165) is 21.0 Å². The second-order valence-corrected chi connectivity index (χ2v) is 10.9. The topological polar surface area (TPSA) is 57.7 Å². The summed E-state index contributed by atoms with van der Waals surface area (Å²) in [5.74, 6) is -0.655. The molecule has 8 heteroatoms. The molecule has 1 aliphatic heterocycles. The average Bonchev–Trinajstić information content (AvgIpc) is 3.28. The van der Waals surface area contributed by atoms with Gasteiger partial charge in [0.15, 0.2) is 0 Å². The van der Waals surface area contributed by atoms with Crippen molar-refractivity contribution in [1.82, 2.24) is 9.21 Å². The van der Waals surface area contributed by atoms with E-state index in [2.05, 4.69) is 6.58 Å². The minimum absolute atomic E-state index is 0.0146. The Bertz CT molecular complexity index is 1250. The molecule has 1 unspecified atom stereocenters. The van der Waals surface area contributed by atoms with Crippen molar-refractivity contribution < 1.29 is 17.6 Å². The van der Waals surface area contributed by atoms with E-state index in [9.17, 15) is 17.6 Å². The molecule has 1 amide bonds. The number of sulfonamides is 1. The van der Waals surface area contributed by atoms with Crippen molar-refractivity contribution in [2.45, 2.75) is 24.3 Å². The van der Waals surface area contributed by atoms with Crippen molar-refractivity contribution in [3.05, 3.63) is 100 Å². The maximum atomic E-state index is 13.6. The minimum Gasteiger partial charge on any atom is -0.330 e. The van der Waals surface area contributed by atoms with Gasteiger partial charge in [0.25, 0.3) is 0 Å². The number of benzene rings is 2. The Balaban J connectivity index is 1.65. The first-order valence-electron chi connectivity index (χ1n) is 10.6. The van der Waals surface area contributed by atoms with Crippen LogP contribution in [0.25, 0.3) is 0 Å². The van der Waals surface area contributed by atoms with Crippen LogP contribution in [0.1, 0.15) is 27.6 Å². The Labute approximate surface area is 197 Å². The van der Waals surface area contributed by atoms with Crippen molar-refractivity contribution in [3.8, 4) is 0 Å². The summed E-state index contributed by atoms with van der Waals surface area (Å²) in [7, 11) is -3.88. The highest BCUT2D eigenvalue weighted by molar-refractivity contribution is 7.89. The number of carbonyl (C=O) groups excluding carboxylic acids is 1. The highest BCUT2D eigenvalue weighted by Gasteiger charge is 2.35. The van der Waals surface area contributed by atoms with Gasteiger partial charge < -0.3 is 4.90 Å². The third-order valence-electron chi connectivity index (χ3n) is 5.78. The number of amides is 1. The van der Waals surface area contributed by atoms with Gasteiger partial charge in [-0.05, 0) is 60.2 Å². The standard InChI is InChI=1S/C25H25FN2O3S2/c1-3-14-27(33(30,31)21-10-4-18(2)5-11-21)17-24(29)28-15-12-23-22(13-16-32-23)25(28)19-6-8-20(26)9-7-19/h3-11,13,16,25H,1,12,14-15,17H2,2H3. The molecule has 0 fully saturated rings. The van der Waals surface area contributed by atoms with E-state index in [-0.39, 0.29) is 35.8 Å². The highest BCUT2D eigenvalue weighted by Crippen LogP contribution is 2.38. The van der Waals surface area contributed by atoms with Crippen molar-refractivity contribution >= 4 is 27.3 Å². The van der Waals surface area contributed by atoms with E-state index >= 15 is 0 Å². The van der Waals surface area contributed by atoms with Gasteiger partial charge in [-0.1, -0.05) is 35.9 Å². The monoisotopic (exact) mass is 484 g/mol. The molecule has 0 saturated carbocycles. The fourth-order valence-electron chi connectivity index (χ4n) is 4.08. The fraction of sp³-hybridized carbons (Fsp3) is 0.240. The summed E-state index contributed by atoms with van der Waals surface area (Å²) >= 11 is 1.63. The van der Waals surface area contributed by atoms with Crippen LogP contribution >= 0.6 is 11.3 Å². The van der Waals surface area contributed by atoms with Crippen LogP contribution in [0.4, 0.5) is 4.39 Å². The van der Waals surface area contributed by atoms with E-state index in [1.165, 1.54) is 23.1 Å². The predicted octanol–water partition coefficient (Wildman–Crippen LogP) is 4.55. The van der Waals surface area contributed by atoms with Gasteiger partial charge in [0.2, 0.25) is 15.9 Å². The Morgan fingerprint density at radius 3 is 2.55 bits per heavy atom. The number of nitrogens with zero attached hydrogens (tertiary/aromatic N) is 2. The molecule has 0 spiro atoms. The first-order valence-corrected chi connectivity index (χ1v) is 12.9. The molecular weight excluding hydrogens is 459 g/mol. The lowest BCUT2D eigenvalue weighted by atomic mass is 9.93. The fourth-order valence-corrected chi connectivity index (χ4v) is 6.35. The summed E-state index contributed by atoms with van der Waals surface area (Å²) < 4.78 is 41.2. The molecule has 4 rings (SSSR count). The van der Waals surface area contributed by atoms with Crippen molar-refractivity contribution in [2.24, 2.45) is 0 Å². The van der Waals surface area contributed by atoms with Gasteiger partial charge in [0.05, 0.1) is 17.5 Å². The Morgan fingerprint density at radius 2 is 1.88 bits per heavy atom. The van der Waals surface area contributed by atoms with Crippen molar-refractivity contribution in [2.75, 3.05) is 19.6 Å². The molecule has 0 saturated heterocycles. The second-order valence-electron chi connectivity index (χ2n) is 7.99. The van der Waals surface area contributed by atoms with Gasteiger partial charge in [0.1, 0.15) is 5.82 Å². The molecule has 0 bridgehead atoms. The van der Waals surface area contributed by atoms with E-state index in [1.807, 2.05) is 18.4 Å². The zero-order chi connectivity index (χ0) is 23.6. The number of rotatable bonds is 7. The highest BCUT2D eigenvalue weighted by atomic mass is 32.2. The predicted molar refractivity (Wildman–Crippen MR) is 128 cm³/mol. The lowest BCUT2D eigenvalue weighted by molar-refractivity contribution is -0.133. The zero-order valence-electron chi connectivity index (χ0n) is 18.3. The summed E-state index contributed by atoms with van der Waals surface area (Å²) in [6.07, 6.45) is 2.17. The molecular formula is C25H25FN2O3S2. The van der Waals surface area contributed by atoms with Crippen LogP contribution in [-0.4, -0.2) is 43.2 Å². The van der Waals surface area contributed by atoms with Crippen LogP contribution in [0.2, 0.25) is 0 Å². The van der Waals surface area contributed by atoms with Gasteiger partial charge in [-0.15, -0.1) is 17.9 Å². The molecule has 0 radical (unpaired) electrons. The average molecular weight is 485 g/mol. The van der Waals surface area contributed by atoms with Crippen LogP contribution in [0, 0.1) is 12.7 Å². The summed E-state index contributed by atoms with van der Waals surface area (Å²) in [5, 5.41) is 1.99. The summed E-state index contributed by atoms with van der Waals surface area (Å²) in [6, 6.07) is 14.3. The van der Waals surface area contributed by atoms with Crippen LogP contribution in [0.5, 0.6) is 0 Å². The molecule has 33 heavy (non-hydrogen) atoms. The minimum atomic E-state index is -3.88. The van der Waals surface area contributed by atoms with Crippen LogP contribution < -0.4 is 0 Å². The lowest BCUT2D eigenvalue weighted by Gasteiger charge is -2.37. The number of aryl methyl sites for hydroxylation is 1. The molecule has 3 aromatic rings. The van der Waals surface area contributed by atoms with Gasteiger partial charge in [-0.3, -0.25) is 4.79 Å². The summed E-state index contributed by atoms with van der Waals surface area (Å²) in [6.45, 7) is 5.72. The number of halogens is 1. The number of fused-ring (bicyclic) bond motifs is 1. The zero-order valence-corrected chi connectivity index (χ0v) is 19.9. The Kier molecular flexibility index (Phi) is 6.78. The van der Waals surface area contributed by atoms with Crippen LogP contribution in [0.15, 0.2) is 77.5 Å². The quantitative estimate of drug-likeness (QED) is 0.463. The third kappa shape index (κ3) is 4.78. The van der Waals surface area contributed by atoms with Gasteiger partial charge in [-0.2, -0.15) is 4.31 Å². The number of thiophene rings is 1. The molecule has 5 nitrogen and oxygen atoms in total. The van der Waals surface area contributed by atoms with E-state index in [1.54, 1.807) is 52.6 Å². The van der Waals surface area contributed by atoms with Crippen molar-refractivity contribution in [1.29, 1.82) is 0 Å². The molecule has 1 aromatic heterocycles. The van der Waals surface area contributed by atoms with E-state index in [0.29, 0.717) is 13.0 Å². The molecule has 2 heterocycles. The molecule has 1 aliphatic rings. The lowest BCUT2D eigenvalue weighted by Crippen LogP contribution is -2.46. The molecule has 1 atom stereocenters. The van der Waals surface area contributed by atoms with Gasteiger partial charge >= 0.3 is 0 Å². The SMILES string of the molecule is C=CCN(CC(=O)N1CCc2sccc2C1c1ccc(F)cc1)S(=O)(=O)c1ccc(C)cc1. The second kappa shape index (κ2) is 9.59. The largest absolute Gasteiger partial charge is 0.330 e. The van der Waals surface area contributed by atoms with E-state index < -0.39 is 10.0 Å². The first-order chi connectivity index (χ1) is 15.8. The maximum absolute atomic E-state index is 13.6. The first kappa shape index (κ1) is 23.4. The van der Waals surface area contributed by atoms with Gasteiger partial charge in [-0.25, -0.2) is 12.8 Å². The normalized spacial score (nSPS) is 16.0. The smallest absolute Gasteiger partial charge is 0.243 e. The van der Waals surface area contributed by atoms with Gasteiger partial charge in [0, 0.05) is 18.0 Å².